The van der Waals surface area contributed by atoms with Gasteiger partial charge in [-0.2, -0.15) is 74.6 Å². The van der Waals surface area contributed by atoms with Crippen molar-refractivity contribution >= 4 is 8.56 Å². The van der Waals surface area contributed by atoms with Crippen LogP contribution < -0.4 is 15.4 Å². The summed E-state index contributed by atoms with van der Waals surface area (Å²) in [6.07, 6.45) is -10.3. The summed E-state index contributed by atoms with van der Waals surface area (Å²) in [4.78, 5) is 4.16. The minimum atomic E-state index is -8.62. The maximum Gasteiger partial charge on any atom is 0.460 e. The van der Waals surface area contributed by atoms with E-state index in [9.17, 15) is 74.6 Å². The molecule has 0 spiro atoms. The van der Waals surface area contributed by atoms with E-state index in [-0.39, 0.29) is 0 Å². The number of nitrogens with one attached hydrogen (secondary N) is 2. The first kappa shape index (κ1) is 31.9. The predicted octanol–water partition coefficient (Wildman–Crippen LogP) is 4.72. The van der Waals surface area contributed by atoms with Crippen LogP contribution in [0.2, 0.25) is 6.04 Å². The zero-order chi connectivity index (χ0) is 27.3. The van der Waals surface area contributed by atoms with Gasteiger partial charge in [-0.05, 0) is 20.1 Å². The van der Waals surface area contributed by atoms with Gasteiger partial charge in [0.15, 0.2) is 0 Å². The van der Waals surface area contributed by atoms with Crippen LogP contribution in [-0.4, -0.2) is 70.3 Å². The van der Waals surface area contributed by atoms with E-state index in [2.05, 4.69) is 9.96 Å². The molecule has 0 radical (unpaired) electrons. The number of hydrogen-bond acceptors (Lipinski definition) is 3. The van der Waals surface area contributed by atoms with E-state index in [1.165, 1.54) is 0 Å². The SMILES string of the molecule is CN[Si](N)(CCC(F)(F)C(F)(F)C(F)(F)C(F)(F)C(F)(F)C(F)(F)C(F)(F)C(F)(F)F)NC. The molecule has 3 nitrogen and oxygen atoms in total. The molecule has 0 saturated heterocycles. The topological polar surface area (TPSA) is 50.1 Å². The van der Waals surface area contributed by atoms with Gasteiger partial charge < -0.3 is 15.4 Å². The molecule has 4 N–H and O–H groups in total. The Morgan fingerprint density at radius 1 is 0.515 bits per heavy atom. The van der Waals surface area contributed by atoms with E-state index in [0.29, 0.717) is 0 Å². The van der Waals surface area contributed by atoms with Gasteiger partial charge in [0.2, 0.25) is 0 Å². The summed E-state index contributed by atoms with van der Waals surface area (Å²) >= 11 is 0. The second kappa shape index (κ2) is 8.54. The number of halogens is 17. The summed E-state index contributed by atoms with van der Waals surface area (Å²) in [5, 5.41) is 5.35. The highest BCUT2D eigenvalue weighted by Gasteiger charge is 2.95. The Hall–Kier alpha value is -1.09. The van der Waals surface area contributed by atoms with Gasteiger partial charge in [0.05, 0.1) is 0 Å². The molecule has 0 aliphatic rings. The lowest BCUT2D eigenvalue weighted by Gasteiger charge is -2.43. The maximum absolute atomic E-state index is 13.7. The Morgan fingerprint density at radius 3 is 1.06 bits per heavy atom. The van der Waals surface area contributed by atoms with Gasteiger partial charge in [0, 0.05) is 6.42 Å². The van der Waals surface area contributed by atoms with E-state index in [1.807, 2.05) is 0 Å². The van der Waals surface area contributed by atoms with Crippen molar-refractivity contribution in [2.75, 3.05) is 14.1 Å². The standard InChI is InChI=1S/C12H14F17N3Si/c1-31-33(30,32-2)4-3-5(13,14)6(15,16)7(17,18)8(19,20)9(21,22)10(23,24)11(25,26)12(27,28)29/h31-32H,3-4,30H2,1-2H3. The quantitative estimate of drug-likeness (QED) is 0.258. The fourth-order valence-corrected chi connectivity index (χ4v) is 3.54. The number of alkyl halides is 17. The van der Waals surface area contributed by atoms with Crippen LogP contribution in [0, 0.1) is 0 Å². The van der Waals surface area contributed by atoms with Crippen LogP contribution in [-0.2, 0) is 0 Å². The van der Waals surface area contributed by atoms with Crippen molar-refractivity contribution in [1.82, 2.24) is 9.96 Å². The second-order valence-electron chi connectivity index (χ2n) is 6.62. The van der Waals surface area contributed by atoms with Gasteiger partial charge in [0.25, 0.3) is 8.56 Å². The predicted molar refractivity (Wildman–Crippen MR) is 78.2 cm³/mol. The van der Waals surface area contributed by atoms with Gasteiger partial charge >= 0.3 is 47.6 Å². The number of hydrogen-bond donors (Lipinski definition) is 3. The molecule has 0 aromatic rings. The normalized spacial score (nSPS) is 16.4. The lowest BCUT2D eigenvalue weighted by molar-refractivity contribution is -0.461. The summed E-state index contributed by atoms with van der Waals surface area (Å²) in [5.74, 6) is -56.2. The molecule has 0 atom stereocenters. The molecule has 0 heterocycles. The lowest BCUT2D eigenvalue weighted by Crippen LogP contribution is -2.74. The molecular formula is C12H14F17N3Si. The monoisotopic (exact) mass is 551 g/mol. The molecule has 0 amide bonds. The molecule has 33 heavy (non-hydrogen) atoms. The molecular weight excluding hydrogens is 537 g/mol. The summed E-state index contributed by atoms with van der Waals surface area (Å²) in [6, 6.07) is -1.40. The Labute approximate surface area is 174 Å². The minimum Gasteiger partial charge on any atom is -0.327 e. The molecule has 21 heteroatoms. The van der Waals surface area contributed by atoms with Crippen molar-refractivity contribution in [2.24, 2.45) is 5.40 Å². The molecule has 0 rings (SSSR count). The van der Waals surface area contributed by atoms with Crippen molar-refractivity contribution in [2.45, 2.75) is 60.1 Å². The fraction of sp³-hybridized carbons (Fsp3) is 1.00. The van der Waals surface area contributed by atoms with Crippen molar-refractivity contribution in [3.8, 4) is 0 Å². The fourth-order valence-electron chi connectivity index (χ4n) is 2.08. The van der Waals surface area contributed by atoms with Gasteiger partial charge in [0.1, 0.15) is 0 Å². The van der Waals surface area contributed by atoms with Crippen LogP contribution in [0.5, 0.6) is 0 Å². The molecule has 200 valence electrons. The van der Waals surface area contributed by atoms with E-state index in [1.54, 1.807) is 0 Å². The second-order valence-corrected chi connectivity index (χ2v) is 10.1. The minimum absolute atomic E-state index is 0.950. The first-order chi connectivity index (χ1) is 14.1. The van der Waals surface area contributed by atoms with Crippen LogP contribution in [0.4, 0.5) is 74.6 Å². The Morgan fingerprint density at radius 2 is 0.788 bits per heavy atom. The van der Waals surface area contributed by atoms with Crippen LogP contribution >= 0.6 is 0 Å². The molecule has 0 fully saturated rings. The Balaban J connectivity index is 6.53. The third-order valence-corrected chi connectivity index (χ3v) is 7.34. The maximum atomic E-state index is 13.7. The van der Waals surface area contributed by atoms with Gasteiger partial charge in [-0.3, -0.25) is 0 Å². The first-order valence-electron chi connectivity index (χ1n) is 7.96. The van der Waals surface area contributed by atoms with Crippen molar-refractivity contribution in [3.05, 3.63) is 0 Å². The highest BCUT2D eigenvalue weighted by atomic mass is 28.4. The molecule has 0 bridgehead atoms. The van der Waals surface area contributed by atoms with Gasteiger partial charge in [-0.25, -0.2) is 0 Å². The average molecular weight is 551 g/mol. The van der Waals surface area contributed by atoms with Crippen LogP contribution in [0.25, 0.3) is 0 Å². The Kier molecular flexibility index (Phi) is 8.25. The summed E-state index contributed by atoms with van der Waals surface area (Å²) in [6.45, 7) is 0. The van der Waals surface area contributed by atoms with E-state index in [4.69, 9.17) is 5.40 Å². The zero-order valence-corrected chi connectivity index (χ0v) is 16.9. The van der Waals surface area contributed by atoms with Crippen LogP contribution in [0.3, 0.4) is 0 Å². The summed E-state index contributed by atoms with van der Waals surface area (Å²) in [5.41, 5.74) is 0. The Bertz CT molecular complexity index is 685. The highest BCUT2D eigenvalue weighted by Crippen LogP contribution is 2.64. The first-order valence-corrected chi connectivity index (χ1v) is 10.2. The van der Waals surface area contributed by atoms with Crippen LogP contribution in [0.15, 0.2) is 0 Å². The average Bonchev–Trinajstić information content (AvgIpc) is 2.64. The van der Waals surface area contributed by atoms with E-state index < -0.39 is 68.7 Å². The molecule has 0 unspecified atom stereocenters. The molecule has 0 aliphatic carbocycles. The highest BCUT2D eigenvalue weighted by molar-refractivity contribution is 6.71. The molecule has 0 aromatic heterocycles. The summed E-state index contributed by atoms with van der Waals surface area (Å²) < 4.78 is 223. The lowest BCUT2D eigenvalue weighted by atomic mass is 9.88. The largest absolute Gasteiger partial charge is 0.460 e. The summed E-state index contributed by atoms with van der Waals surface area (Å²) in [7, 11) is -1.94. The van der Waals surface area contributed by atoms with Crippen molar-refractivity contribution in [3.63, 3.8) is 0 Å². The third kappa shape index (κ3) is 4.60. The molecule has 0 aromatic carbocycles. The van der Waals surface area contributed by atoms with E-state index >= 15 is 0 Å². The number of nitrogens with two attached hydrogens (primary N) is 1. The zero-order valence-electron chi connectivity index (χ0n) is 15.9. The number of rotatable bonds is 11. The molecule has 0 saturated carbocycles. The van der Waals surface area contributed by atoms with Crippen molar-refractivity contribution < 1.29 is 74.6 Å². The smallest absolute Gasteiger partial charge is 0.327 e. The van der Waals surface area contributed by atoms with Gasteiger partial charge in [-0.15, -0.1) is 0 Å². The third-order valence-electron chi connectivity index (χ3n) is 4.51. The van der Waals surface area contributed by atoms with Crippen LogP contribution in [0.1, 0.15) is 6.42 Å². The van der Waals surface area contributed by atoms with E-state index in [0.717, 1.165) is 14.1 Å². The molecule has 0 aliphatic heterocycles. The van der Waals surface area contributed by atoms with Gasteiger partial charge in [-0.1, -0.05) is 0 Å². The van der Waals surface area contributed by atoms with Crippen molar-refractivity contribution in [1.29, 1.82) is 0 Å².